The Morgan fingerprint density at radius 2 is 1.81 bits per heavy atom. The van der Waals surface area contributed by atoms with Gasteiger partial charge in [0, 0.05) is 23.5 Å². The number of alkyl halides is 1. The third-order valence-corrected chi connectivity index (χ3v) is 4.86. The average Bonchev–Trinajstić information content (AvgIpc) is 2.38. The SMILES string of the molecule is CC(C)NS(=O)(=O)c1ccc(NC(=O)CCCCBr)cc1. The molecule has 1 rings (SSSR count). The fraction of sp³-hybridized carbons (Fsp3) is 0.500. The molecule has 118 valence electrons. The molecule has 21 heavy (non-hydrogen) atoms. The molecule has 1 aromatic rings. The Hall–Kier alpha value is -0.920. The monoisotopic (exact) mass is 376 g/mol. The minimum absolute atomic E-state index is 0.0631. The van der Waals surface area contributed by atoms with Crippen molar-refractivity contribution in [3.8, 4) is 0 Å². The highest BCUT2D eigenvalue weighted by Gasteiger charge is 2.15. The minimum atomic E-state index is -3.49. The van der Waals surface area contributed by atoms with Crippen molar-refractivity contribution in [3.05, 3.63) is 24.3 Å². The molecule has 7 heteroatoms. The lowest BCUT2D eigenvalue weighted by Crippen LogP contribution is -2.30. The second-order valence-corrected chi connectivity index (χ2v) is 7.50. The molecule has 0 aromatic heterocycles. The number of hydrogen-bond donors (Lipinski definition) is 2. The van der Waals surface area contributed by atoms with Gasteiger partial charge >= 0.3 is 0 Å². The number of benzene rings is 1. The topological polar surface area (TPSA) is 75.3 Å². The lowest BCUT2D eigenvalue weighted by Gasteiger charge is -2.10. The van der Waals surface area contributed by atoms with E-state index < -0.39 is 10.0 Å². The summed E-state index contributed by atoms with van der Waals surface area (Å²) in [4.78, 5) is 11.8. The summed E-state index contributed by atoms with van der Waals surface area (Å²) in [6, 6.07) is 6.00. The van der Waals surface area contributed by atoms with Gasteiger partial charge in [0.05, 0.1) is 4.90 Å². The lowest BCUT2D eigenvalue weighted by molar-refractivity contribution is -0.116. The molecule has 0 unspecified atom stereocenters. The zero-order valence-corrected chi connectivity index (χ0v) is 14.6. The standard InChI is InChI=1S/C14H21BrN2O3S/c1-11(2)17-21(19,20)13-8-6-12(7-9-13)16-14(18)5-3-4-10-15/h6-9,11,17H,3-5,10H2,1-2H3,(H,16,18). The number of carbonyl (C=O) groups excluding carboxylic acids is 1. The van der Waals surface area contributed by atoms with Gasteiger partial charge in [0.25, 0.3) is 0 Å². The Balaban J connectivity index is 2.64. The van der Waals surface area contributed by atoms with Crippen molar-refractivity contribution in [1.29, 1.82) is 0 Å². The molecule has 0 saturated heterocycles. The van der Waals surface area contributed by atoms with Gasteiger partial charge in [0.15, 0.2) is 0 Å². The van der Waals surface area contributed by atoms with Crippen molar-refractivity contribution < 1.29 is 13.2 Å². The fourth-order valence-corrected chi connectivity index (χ4v) is 3.35. The van der Waals surface area contributed by atoms with Crippen molar-refractivity contribution in [2.45, 2.75) is 44.0 Å². The molecule has 0 bridgehead atoms. The maximum atomic E-state index is 11.9. The van der Waals surface area contributed by atoms with E-state index in [1.54, 1.807) is 26.0 Å². The first kappa shape index (κ1) is 18.1. The lowest BCUT2D eigenvalue weighted by atomic mass is 10.2. The number of anilines is 1. The third-order valence-electron chi connectivity index (χ3n) is 2.63. The number of rotatable bonds is 8. The predicted octanol–water partition coefficient (Wildman–Crippen LogP) is 2.88. The molecule has 0 aliphatic heterocycles. The van der Waals surface area contributed by atoms with Crippen LogP contribution >= 0.6 is 15.9 Å². The number of halogens is 1. The minimum Gasteiger partial charge on any atom is -0.326 e. The smallest absolute Gasteiger partial charge is 0.240 e. The number of nitrogens with one attached hydrogen (secondary N) is 2. The highest BCUT2D eigenvalue weighted by atomic mass is 79.9. The normalized spacial score (nSPS) is 11.6. The van der Waals surface area contributed by atoms with E-state index in [4.69, 9.17) is 0 Å². The summed E-state index contributed by atoms with van der Waals surface area (Å²) in [6.45, 7) is 3.53. The van der Waals surface area contributed by atoms with Crippen LogP contribution < -0.4 is 10.0 Å². The van der Waals surface area contributed by atoms with Gasteiger partial charge in [-0.05, 0) is 51.0 Å². The van der Waals surface area contributed by atoms with Gasteiger partial charge in [-0.3, -0.25) is 4.79 Å². The van der Waals surface area contributed by atoms with E-state index >= 15 is 0 Å². The highest BCUT2D eigenvalue weighted by molar-refractivity contribution is 9.09. The van der Waals surface area contributed by atoms with Gasteiger partial charge in [0.2, 0.25) is 15.9 Å². The van der Waals surface area contributed by atoms with Crippen LogP contribution in [0.5, 0.6) is 0 Å². The maximum Gasteiger partial charge on any atom is 0.240 e. The Labute approximate surface area is 134 Å². The summed E-state index contributed by atoms with van der Waals surface area (Å²) < 4.78 is 26.4. The first-order valence-electron chi connectivity index (χ1n) is 6.83. The highest BCUT2D eigenvalue weighted by Crippen LogP contribution is 2.15. The van der Waals surface area contributed by atoms with Crippen LogP contribution in [0.3, 0.4) is 0 Å². The van der Waals surface area contributed by atoms with E-state index in [1.165, 1.54) is 12.1 Å². The molecular formula is C14H21BrN2O3S. The van der Waals surface area contributed by atoms with E-state index in [-0.39, 0.29) is 16.8 Å². The fourth-order valence-electron chi connectivity index (χ4n) is 1.70. The molecule has 0 heterocycles. The van der Waals surface area contributed by atoms with Crippen LogP contribution in [0.1, 0.15) is 33.1 Å². The molecule has 0 fully saturated rings. The van der Waals surface area contributed by atoms with Gasteiger partial charge in [-0.2, -0.15) is 0 Å². The zero-order chi connectivity index (χ0) is 15.9. The van der Waals surface area contributed by atoms with Crippen LogP contribution in [-0.4, -0.2) is 25.7 Å². The predicted molar refractivity (Wildman–Crippen MR) is 88.2 cm³/mol. The van der Waals surface area contributed by atoms with Crippen LogP contribution in [0.2, 0.25) is 0 Å². The Kier molecular flexibility index (Phi) is 7.34. The maximum absolute atomic E-state index is 11.9. The van der Waals surface area contributed by atoms with Gasteiger partial charge in [0.1, 0.15) is 0 Å². The summed E-state index contributed by atoms with van der Waals surface area (Å²) in [5.74, 6) is -0.0631. The average molecular weight is 377 g/mol. The quantitative estimate of drug-likeness (QED) is 0.540. The number of carbonyl (C=O) groups is 1. The Bertz CT molecular complexity index is 556. The second kappa shape index (κ2) is 8.51. The van der Waals surface area contributed by atoms with Crippen molar-refractivity contribution >= 4 is 37.5 Å². The van der Waals surface area contributed by atoms with Crippen LogP contribution in [-0.2, 0) is 14.8 Å². The number of amides is 1. The first-order valence-corrected chi connectivity index (χ1v) is 9.44. The zero-order valence-electron chi connectivity index (χ0n) is 12.2. The number of hydrogen-bond acceptors (Lipinski definition) is 3. The van der Waals surface area contributed by atoms with Gasteiger partial charge in [-0.1, -0.05) is 15.9 Å². The number of unbranched alkanes of at least 4 members (excludes halogenated alkanes) is 1. The Morgan fingerprint density at radius 3 is 2.33 bits per heavy atom. The summed E-state index contributed by atoms with van der Waals surface area (Å²) in [5, 5.41) is 3.64. The van der Waals surface area contributed by atoms with Crippen LogP contribution in [0, 0.1) is 0 Å². The van der Waals surface area contributed by atoms with Crippen molar-refractivity contribution in [2.75, 3.05) is 10.6 Å². The number of sulfonamides is 1. The van der Waals surface area contributed by atoms with E-state index in [0.717, 1.165) is 18.2 Å². The molecule has 1 amide bonds. The van der Waals surface area contributed by atoms with Crippen LogP contribution in [0.15, 0.2) is 29.2 Å². The Morgan fingerprint density at radius 1 is 1.19 bits per heavy atom. The van der Waals surface area contributed by atoms with E-state index in [0.29, 0.717) is 12.1 Å². The summed E-state index contributed by atoms with van der Waals surface area (Å²) >= 11 is 3.32. The van der Waals surface area contributed by atoms with E-state index in [9.17, 15) is 13.2 Å². The molecule has 5 nitrogen and oxygen atoms in total. The van der Waals surface area contributed by atoms with Gasteiger partial charge in [-0.25, -0.2) is 13.1 Å². The van der Waals surface area contributed by atoms with Crippen LogP contribution in [0.4, 0.5) is 5.69 Å². The molecule has 0 atom stereocenters. The third kappa shape index (κ3) is 6.58. The van der Waals surface area contributed by atoms with Gasteiger partial charge in [-0.15, -0.1) is 0 Å². The molecule has 0 radical (unpaired) electrons. The molecule has 1 aromatic carbocycles. The summed E-state index contributed by atoms with van der Waals surface area (Å²) in [5.41, 5.74) is 0.599. The van der Waals surface area contributed by atoms with E-state index in [2.05, 4.69) is 26.0 Å². The molecule has 2 N–H and O–H groups in total. The molecule has 0 aliphatic carbocycles. The summed E-state index contributed by atoms with van der Waals surface area (Å²) in [7, 11) is -3.49. The molecule has 0 saturated carbocycles. The second-order valence-electron chi connectivity index (χ2n) is 4.99. The molecular weight excluding hydrogens is 356 g/mol. The first-order chi connectivity index (χ1) is 9.85. The van der Waals surface area contributed by atoms with E-state index in [1.807, 2.05) is 0 Å². The largest absolute Gasteiger partial charge is 0.326 e. The molecule has 0 spiro atoms. The summed E-state index contributed by atoms with van der Waals surface area (Å²) in [6.07, 6.45) is 2.23. The van der Waals surface area contributed by atoms with Crippen LogP contribution in [0.25, 0.3) is 0 Å². The van der Waals surface area contributed by atoms with Crippen molar-refractivity contribution in [3.63, 3.8) is 0 Å². The molecule has 0 aliphatic rings. The van der Waals surface area contributed by atoms with Gasteiger partial charge < -0.3 is 5.32 Å². The van der Waals surface area contributed by atoms with Crippen molar-refractivity contribution in [1.82, 2.24) is 4.72 Å². The van der Waals surface area contributed by atoms with Crippen molar-refractivity contribution in [2.24, 2.45) is 0 Å².